The molecule has 18 heavy (non-hydrogen) atoms. The number of methoxy groups -OCH3 is 1. The van der Waals surface area contributed by atoms with Crippen molar-refractivity contribution in [2.75, 3.05) is 23.9 Å². The second-order valence-corrected chi connectivity index (χ2v) is 7.59. The highest BCUT2D eigenvalue weighted by molar-refractivity contribution is 7.91. The molecule has 1 aliphatic rings. The van der Waals surface area contributed by atoms with Crippen molar-refractivity contribution in [1.82, 2.24) is 4.98 Å². The molecule has 0 bridgehead atoms. The molecule has 1 saturated heterocycles. The van der Waals surface area contributed by atoms with Gasteiger partial charge in [0, 0.05) is 10.9 Å². The summed E-state index contributed by atoms with van der Waals surface area (Å²) in [6, 6.07) is -0.119. The van der Waals surface area contributed by atoms with Gasteiger partial charge in [-0.15, -0.1) is 11.3 Å². The molecule has 0 spiro atoms. The third-order valence-corrected chi connectivity index (χ3v) is 5.41. The Balaban J connectivity index is 2.09. The number of aryl methyl sites for hydroxylation is 1. The zero-order chi connectivity index (χ0) is 13.3. The quantitative estimate of drug-likeness (QED) is 0.830. The highest BCUT2D eigenvalue weighted by Gasteiger charge is 2.28. The van der Waals surface area contributed by atoms with Crippen LogP contribution in [0.25, 0.3) is 0 Å². The van der Waals surface area contributed by atoms with Gasteiger partial charge in [-0.2, -0.15) is 0 Å². The number of anilines is 1. The van der Waals surface area contributed by atoms with E-state index in [0.717, 1.165) is 4.88 Å². The molecule has 0 amide bonds. The first-order chi connectivity index (χ1) is 8.41. The lowest BCUT2D eigenvalue weighted by Gasteiger charge is -2.07. The molecule has 1 atom stereocenters. The van der Waals surface area contributed by atoms with Crippen LogP contribution >= 0.6 is 11.3 Å². The number of sulfone groups is 1. The summed E-state index contributed by atoms with van der Waals surface area (Å²) in [7, 11) is -1.61. The molecule has 0 aliphatic carbocycles. The second-order valence-electron chi connectivity index (χ2n) is 4.16. The van der Waals surface area contributed by atoms with E-state index in [0.29, 0.717) is 11.6 Å². The van der Waals surface area contributed by atoms with Gasteiger partial charge in [-0.3, -0.25) is 0 Å². The maximum atomic E-state index is 11.4. The first-order valence-corrected chi connectivity index (χ1v) is 8.08. The van der Waals surface area contributed by atoms with Crippen molar-refractivity contribution < 1.29 is 17.9 Å². The standard InChI is InChI=1S/C10H14N2O4S2/c1-6-8(9(13)16-2)12-10(17-6)11-7-3-4-18(14,15)5-7/h7H,3-5H2,1-2H3,(H,11,12). The molecule has 100 valence electrons. The molecule has 1 aromatic rings. The van der Waals surface area contributed by atoms with Crippen LogP contribution in [-0.4, -0.2) is 44.0 Å². The van der Waals surface area contributed by atoms with Crippen LogP contribution in [-0.2, 0) is 14.6 Å². The number of hydrogen-bond acceptors (Lipinski definition) is 7. The van der Waals surface area contributed by atoms with Gasteiger partial charge in [-0.05, 0) is 13.3 Å². The zero-order valence-electron chi connectivity index (χ0n) is 10.1. The third-order valence-electron chi connectivity index (χ3n) is 2.74. The van der Waals surface area contributed by atoms with Crippen LogP contribution in [0.5, 0.6) is 0 Å². The van der Waals surface area contributed by atoms with Crippen LogP contribution in [0.3, 0.4) is 0 Å². The molecule has 6 nitrogen and oxygen atoms in total. The third kappa shape index (κ3) is 2.81. The Morgan fingerprint density at radius 3 is 2.83 bits per heavy atom. The Bertz CT molecular complexity index is 564. The summed E-state index contributed by atoms with van der Waals surface area (Å²) in [5.74, 6) is -0.145. The minimum Gasteiger partial charge on any atom is -0.464 e. The molecule has 1 N–H and O–H groups in total. The number of thiazole rings is 1. The van der Waals surface area contributed by atoms with Crippen molar-refractivity contribution in [2.24, 2.45) is 0 Å². The number of carbonyl (C=O) groups is 1. The molecule has 1 aliphatic heterocycles. The highest BCUT2D eigenvalue weighted by Crippen LogP contribution is 2.25. The van der Waals surface area contributed by atoms with Gasteiger partial charge in [-0.1, -0.05) is 0 Å². The molecular formula is C10H14N2O4S2. The van der Waals surface area contributed by atoms with Crippen LogP contribution in [0.15, 0.2) is 0 Å². The molecule has 0 radical (unpaired) electrons. The molecule has 0 saturated carbocycles. The Labute approximate surface area is 109 Å². The number of rotatable bonds is 3. The first-order valence-electron chi connectivity index (χ1n) is 5.44. The van der Waals surface area contributed by atoms with Crippen molar-refractivity contribution in [2.45, 2.75) is 19.4 Å². The average Bonchev–Trinajstić information content (AvgIpc) is 2.81. The first kappa shape index (κ1) is 13.3. The number of carbonyl (C=O) groups excluding carboxylic acids is 1. The largest absolute Gasteiger partial charge is 0.464 e. The number of aromatic nitrogens is 1. The van der Waals surface area contributed by atoms with Gasteiger partial charge in [0.05, 0.1) is 18.6 Å². The maximum absolute atomic E-state index is 11.4. The van der Waals surface area contributed by atoms with Crippen molar-refractivity contribution in [3.63, 3.8) is 0 Å². The van der Waals surface area contributed by atoms with E-state index in [1.165, 1.54) is 18.4 Å². The summed E-state index contributed by atoms with van der Waals surface area (Å²) in [6.45, 7) is 1.78. The fraction of sp³-hybridized carbons (Fsp3) is 0.600. The Morgan fingerprint density at radius 2 is 2.28 bits per heavy atom. The van der Waals surface area contributed by atoms with Crippen LogP contribution in [0.1, 0.15) is 21.8 Å². The summed E-state index contributed by atoms with van der Waals surface area (Å²) in [5, 5.41) is 3.62. The monoisotopic (exact) mass is 290 g/mol. The van der Waals surface area contributed by atoms with Gasteiger partial charge < -0.3 is 10.1 Å². The Hall–Kier alpha value is -1.15. The summed E-state index contributed by atoms with van der Waals surface area (Å²) in [6.07, 6.45) is 0.578. The number of ether oxygens (including phenoxy) is 1. The van der Waals surface area contributed by atoms with E-state index in [2.05, 4.69) is 15.0 Å². The van der Waals surface area contributed by atoms with Gasteiger partial charge in [-0.25, -0.2) is 18.2 Å². The Morgan fingerprint density at radius 1 is 1.56 bits per heavy atom. The minimum absolute atomic E-state index is 0.119. The SMILES string of the molecule is COC(=O)c1nc(NC2CCS(=O)(=O)C2)sc1C. The van der Waals surface area contributed by atoms with Gasteiger partial charge >= 0.3 is 5.97 Å². The molecule has 1 fully saturated rings. The van der Waals surface area contributed by atoms with E-state index in [1.807, 2.05) is 0 Å². The van der Waals surface area contributed by atoms with E-state index in [1.54, 1.807) is 6.92 Å². The van der Waals surface area contributed by atoms with E-state index < -0.39 is 15.8 Å². The number of nitrogens with zero attached hydrogens (tertiary/aromatic N) is 1. The topological polar surface area (TPSA) is 85.4 Å². The smallest absolute Gasteiger partial charge is 0.357 e. The van der Waals surface area contributed by atoms with Crippen LogP contribution < -0.4 is 5.32 Å². The van der Waals surface area contributed by atoms with Crippen LogP contribution in [0, 0.1) is 6.92 Å². The second kappa shape index (κ2) is 4.85. The number of nitrogens with one attached hydrogen (secondary N) is 1. The molecular weight excluding hydrogens is 276 g/mol. The van der Waals surface area contributed by atoms with Crippen molar-refractivity contribution in [3.8, 4) is 0 Å². The van der Waals surface area contributed by atoms with Gasteiger partial charge in [0.25, 0.3) is 0 Å². The number of esters is 1. The van der Waals surface area contributed by atoms with Crippen molar-refractivity contribution >= 4 is 32.3 Å². The Kier molecular flexibility index (Phi) is 3.58. The van der Waals surface area contributed by atoms with Gasteiger partial charge in [0.15, 0.2) is 20.7 Å². The summed E-state index contributed by atoms with van der Waals surface area (Å²) < 4.78 is 27.3. The molecule has 8 heteroatoms. The molecule has 2 rings (SSSR count). The lowest BCUT2D eigenvalue weighted by molar-refractivity contribution is 0.0594. The normalized spacial score (nSPS) is 21.8. The molecule has 0 aromatic carbocycles. The lowest BCUT2D eigenvalue weighted by atomic mass is 10.3. The lowest BCUT2D eigenvalue weighted by Crippen LogP contribution is -2.20. The fourth-order valence-corrected chi connectivity index (χ4v) is 4.38. The fourth-order valence-electron chi connectivity index (χ4n) is 1.83. The van der Waals surface area contributed by atoms with Crippen LogP contribution in [0.2, 0.25) is 0 Å². The summed E-state index contributed by atoms with van der Waals surface area (Å²) >= 11 is 1.33. The van der Waals surface area contributed by atoms with Crippen LogP contribution in [0.4, 0.5) is 5.13 Å². The predicted molar refractivity (Wildman–Crippen MR) is 68.9 cm³/mol. The van der Waals surface area contributed by atoms with E-state index in [4.69, 9.17) is 0 Å². The predicted octanol–water partition coefficient (Wildman–Crippen LogP) is 0.837. The van der Waals surface area contributed by atoms with E-state index >= 15 is 0 Å². The molecule has 2 heterocycles. The number of hydrogen-bond donors (Lipinski definition) is 1. The van der Waals surface area contributed by atoms with E-state index in [-0.39, 0.29) is 23.2 Å². The van der Waals surface area contributed by atoms with Crippen molar-refractivity contribution in [3.05, 3.63) is 10.6 Å². The van der Waals surface area contributed by atoms with Crippen molar-refractivity contribution in [1.29, 1.82) is 0 Å². The highest BCUT2D eigenvalue weighted by atomic mass is 32.2. The van der Waals surface area contributed by atoms with Gasteiger partial charge in [0.1, 0.15) is 0 Å². The maximum Gasteiger partial charge on any atom is 0.357 e. The van der Waals surface area contributed by atoms with E-state index in [9.17, 15) is 13.2 Å². The summed E-state index contributed by atoms with van der Waals surface area (Å²) in [5.41, 5.74) is 0.283. The average molecular weight is 290 g/mol. The zero-order valence-corrected chi connectivity index (χ0v) is 11.7. The minimum atomic E-state index is -2.92. The van der Waals surface area contributed by atoms with Gasteiger partial charge in [0.2, 0.25) is 0 Å². The summed E-state index contributed by atoms with van der Waals surface area (Å²) in [4.78, 5) is 16.3. The molecule has 1 aromatic heterocycles. The molecule has 1 unspecified atom stereocenters.